The maximum absolute atomic E-state index is 13.9. The fraction of sp³-hybridized carbons (Fsp3) is 0.724. The number of hydrogen-bond donors (Lipinski definition) is 0. The van der Waals surface area contributed by atoms with Crippen molar-refractivity contribution in [3.63, 3.8) is 0 Å². The lowest BCUT2D eigenvalue weighted by atomic mass is 9.46. The molecule has 4 aliphatic carbocycles. The monoisotopic (exact) mass is 514 g/mol. The van der Waals surface area contributed by atoms with Gasteiger partial charge in [-0.3, -0.25) is 19.2 Å². The minimum atomic E-state index is -1.29. The van der Waals surface area contributed by atoms with E-state index in [1.165, 1.54) is 13.8 Å². The summed E-state index contributed by atoms with van der Waals surface area (Å²) in [6.45, 7) is 8.57. The third-order valence-electron chi connectivity index (χ3n) is 9.93. The van der Waals surface area contributed by atoms with Crippen LogP contribution in [0.5, 0.6) is 0 Å². The van der Waals surface area contributed by atoms with Gasteiger partial charge in [0.05, 0.1) is 6.10 Å². The van der Waals surface area contributed by atoms with Crippen LogP contribution in [-0.2, 0) is 38.1 Å². The molecule has 0 spiro atoms. The lowest BCUT2D eigenvalue weighted by Gasteiger charge is -2.60. The summed E-state index contributed by atoms with van der Waals surface area (Å²) in [6, 6.07) is 0. The van der Waals surface area contributed by atoms with Crippen LogP contribution < -0.4 is 0 Å². The maximum Gasteiger partial charge on any atom is 0.303 e. The number of carbonyl (C=O) groups excluding carboxylic acids is 4. The molecule has 0 N–H and O–H groups in total. The van der Waals surface area contributed by atoms with Crippen molar-refractivity contribution in [3.8, 4) is 0 Å². The van der Waals surface area contributed by atoms with Gasteiger partial charge < -0.3 is 18.9 Å². The van der Waals surface area contributed by atoms with E-state index < -0.39 is 40.9 Å². The molecule has 0 amide bonds. The Labute approximate surface area is 218 Å². The van der Waals surface area contributed by atoms with E-state index in [2.05, 4.69) is 13.8 Å². The van der Waals surface area contributed by atoms with Crippen LogP contribution in [0.4, 0.5) is 0 Å². The van der Waals surface area contributed by atoms with Crippen molar-refractivity contribution in [2.45, 2.75) is 97.2 Å². The summed E-state index contributed by atoms with van der Waals surface area (Å²) in [5.41, 5.74) is -1.32. The second-order valence-electron chi connectivity index (χ2n) is 11.9. The minimum absolute atomic E-state index is 0.00945. The molecular formula is C29H38O8. The lowest BCUT2D eigenvalue weighted by molar-refractivity contribution is -0.208. The van der Waals surface area contributed by atoms with E-state index in [0.717, 1.165) is 24.8 Å². The first-order valence-corrected chi connectivity index (χ1v) is 13.6. The number of allylic oxidation sites excluding steroid dienone is 4. The van der Waals surface area contributed by atoms with Gasteiger partial charge in [0.1, 0.15) is 6.10 Å². The van der Waals surface area contributed by atoms with E-state index in [0.29, 0.717) is 19.3 Å². The smallest absolute Gasteiger partial charge is 0.303 e. The second-order valence-corrected chi connectivity index (χ2v) is 11.9. The standard InChI is InChI=1S/C29H38O8/c1-6-7-25-36-24-13-21-20-9-8-18-12-19(32)10-11-27(18,4)26(20)22(35-17(3)31)14-28(21,5)29(24,37-25)23(33)15-34-16(2)30/h10-12,20-22,24-26H,6-9,13-15H2,1-5H3/t20-,21+,22+,24+,25+,26-,27-,28-,29+/m0/s1. The van der Waals surface area contributed by atoms with Gasteiger partial charge in [0, 0.05) is 30.6 Å². The molecule has 5 aliphatic rings. The molecular weight excluding hydrogens is 476 g/mol. The average molecular weight is 515 g/mol. The van der Waals surface area contributed by atoms with Crippen molar-refractivity contribution in [3.05, 3.63) is 23.8 Å². The van der Waals surface area contributed by atoms with E-state index >= 15 is 0 Å². The molecule has 37 heavy (non-hydrogen) atoms. The van der Waals surface area contributed by atoms with Crippen molar-refractivity contribution in [1.29, 1.82) is 0 Å². The van der Waals surface area contributed by atoms with E-state index in [1.54, 1.807) is 12.2 Å². The summed E-state index contributed by atoms with van der Waals surface area (Å²) in [5, 5.41) is 0. The van der Waals surface area contributed by atoms with Crippen LogP contribution in [0.25, 0.3) is 0 Å². The first-order chi connectivity index (χ1) is 17.5. The Bertz CT molecular complexity index is 1080. The molecule has 1 saturated heterocycles. The molecule has 0 aromatic carbocycles. The van der Waals surface area contributed by atoms with Crippen LogP contribution in [0.2, 0.25) is 0 Å². The van der Waals surface area contributed by atoms with Crippen molar-refractivity contribution in [2.75, 3.05) is 6.61 Å². The molecule has 8 nitrogen and oxygen atoms in total. The Morgan fingerprint density at radius 3 is 2.59 bits per heavy atom. The Hall–Kier alpha value is -2.32. The zero-order valence-corrected chi connectivity index (χ0v) is 22.4. The first-order valence-electron chi connectivity index (χ1n) is 13.6. The van der Waals surface area contributed by atoms with E-state index in [4.69, 9.17) is 18.9 Å². The number of ether oxygens (including phenoxy) is 4. The summed E-state index contributed by atoms with van der Waals surface area (Å²) in [7, 11) is 0. The number of Topliss-reactive ketones (excluding diaryl/α,β-unsaturated/α-hetero) is 1. The first kappa shape index (κ1) is 26.3. The highest BCUT2D eigenvalue weighted by Crippen LogP contribution is 2.70. The normalized spacial score (nSPS) is 43.7. The average Bonchev–Trinajstić information content (AvgIpc) is 3.29. The molecule has 0 bridgehead atoms. The van der Waals surface area contributed by atoms with Crippen LogP contribution in [0.1, 0.15) is 73.1 Å². The second kappa shape index (κ2) is 9.16. The Balaban J connectivity index is 1.59. The number of carbonyl (C=O) groups is 4. The fourth-order valence-electron chi connectivity index (χ4n) is 8.57. The van der Waals surface area contributed by atoms with Crippen LogP contribution in [0, 0.1) is 28.6 Å². The molecule has 0 aromatic rings. The maximum atomic E-state index is 13.9. The summed E-state index contributed by atoms with van der Waals surface area (Å²) in [6.07, 6.45) is 8.07. The number of rotatable bonds is 6. The van der Waals surface area contributed by atoms with Gasteiger partial charge in [0.25, 0.3) is 0 Å². The number of hydrogen-bond acceptors (Lipinski definition) is 8. The van der Waals surface area contributed by atoms with Gasteiger partial charge in [-0.25, -0.2) is 0 Å². The van der Waals surface area contributed by atoms with Gasteiger partial charge >= 0.3 is 11.9 Å². The van der Waals surface area contributed by atoms with Crippen LogP contribution in [-0.4, -0.2) is 54.2 Å². The number of fused-ring (bicyclic) bond motifs is 7. The van der Waals surface area contributed by atoms with Crippen LogP contribution >= 0.6 is 0 Å². The molecule has 4 fully saturated rings. The largest absolute Gasteiger partial charge is 0.462 e. The quantitative estimate of drug-likeness (QED) is 0.492. The van der Waals surface area contributed by atoms with Gasteiger partial charge in [0.15, 0.2) is 24.3 Å². The third-order valence-corrected chi connectivity index (χ3v) is 9.93. The molecule has 0 unspecified atom stereocenters. The highest BCUT2D eigenvalue weighted by atomic mass is 16.7. The predicted octanol–water partition coefficient (Wildman–Crippen LogP) is 3.86. The van der Waals surface area contributed by atoms with Gasteiger partial charge in [-0.1, -0.05) is 38.8 Å². The molecule has 8 heteroatoms. The van der Waals surface area contributed by atoms with E-state index in [9.17, 15) is 19.2 Å². The highest BCUT2D eigenvalue weighted by molar-refractivity contribution is 6.01. The summed E-state index contributed by atoms with van der Waals surface area (Å²) in [4.78, 5) is 50.1. The molecule has 0 radical (unpaired) electrons. The summed E-state index contributed by atoms with van der Waals surface area (Å²) >= 11 is 0. The molecule has 0 aromatic heterocycles. The molecule has 1 heterocycles. The Kier molecular flexibility index (Phi) is 6.51. The number of esters is 2. The van der Waals surface area contributed by atoms with Gasteiger partial charge in [0.2, 0.25) is 5.78 Å². The summed E-state index contributed by atoms with van der Waals surface area (Å²) in [5.74, 6) is -1.03. The van der Waals surface area contributed by atoms with Crippen molar-refractivity contribution >= 4 is 23.5 Å². The van der Waals surface area contributed by atoms with Crippen LogP contribution in [0.15, 0.2) is 23.8 Å². The molecule has 1 aliphatic heterocycles. The highest BCUT2D eigenvalue weighted by Gasteiger charge is 2.76. The van der Waals surface area contributed by atoms with Crippen molar-refractivity contribution < 1.29 is 38.1 Å². The van der Waals surface area contributed by atoms with Crippen LogP contribution in [0.3, 0.4) is 0 Å². The molecule has 3 saturated carbocycles. The molecule has 5 rings (SSSR count). The van der Waals surface area contributed by atoms with Crippen molar-refractivity contribution in [1.82, 2.24) is 0 Å². The van der Waals surface area contributed by atoms with Gasteiger partial charge in [-0.2, -0.15) is 0 Å². The molecule has 9 atom stereocenters. The number of ketones is 2. The predicted molar refractivity (Wildman–Crippen MR) is 132 cm³/mol. The Morgan fingerprint density at radius 1 is 1.16 bits per heavy atom. The van der Waals surface area contributed by atoms with E-state index in [1.807, 2.05) is 13.0 Å². The SMILES string of the molecule is CCC[C@@H]1O[C@@H]2C[C@@H]3[C@@H]4CCC5=CC(=O)C=C[C@]5(C)[C@@H]4[C@H](OC(C)=O)C[C@]3(C)[C@]2(C(=O)COC(C)=O)O1. The van der Waals surface area contributed by atoms with Crippen molar-refractivity contribution in [2.24, 2.45) is 28.6 Å². The third kappa shape index (κ3) is 3.85. The topological polar surface area (TPSA) is 105 Å². The minimum Gasteiger partial charge on any atom is -0.462 e. The zero-order chi connectivity index (χ0) is 26.8. The van der Waals surface area contributed by atoms with Gasteiger partial charge in [-0.15, -0.1) is 0 Å². The van der Waals surface area contributed by atoms with E-state index in [-0.39, 0.29) is 41.9 Å². The lowest BCUT2D eigenvalue weighted by Crippen LogP contribution is -2.64. The fourth-order valence-corrected chi connectivity index (χ4v) is 8.57. The van der Waals surface area contributed by atoms with Gasteiger partial charge in [-0.05, 0) is 56.1 Å². The molecule has 202 valence electrons. The Morgan fingerprint density at radius 2 is 1.92 bits per heavy atom. The zero-order valence-electron chi connectivity index (χ0n) is 22.4. The summed E-state index contributed by atoms with van der Waals surface area (Å²) < 4.78 is 24.2.